The number of piperazine rings is 1. The lowest BCUT2D eigenvalue weighted by Gasteiger charge is -2.34. The first-order valence-electron chi connectivity index (χ1n) is 12.5. The van der Waals surface area contributed by atoms with Crippen molar-refractivity contribution in [1.29, 1.82) is 0 Å². The first kappa shape index (κ1) is 27.3. The van der Waals surface area contributed by atoms with Gasteiger partial charge in [-0.25, -0.2) is 4.99 Å². The first-order chi connectivity index (χ1) is 15.2. The molecule has 0 saturated carbocycles. The highest BCUT2D eigenvalue weighted by Gasteiger charge is 2.20. The van der Waals surface area contributed by atoms with Crippen molar-refractivity contribution < 1.29 is 0 Å². The average molecular weight is 557 g/mol. The number of likely N-dealkylation sites (tertiary alicyclic amines) is 1. The van der Waals surface area contributed by atoms with Crippen molar-refractivity contribution in [2.24, 2.45) is 4.99 Å². The number of rotatable bonds is 9. The molecule has 32 heavy (non-hydrogen) atoms. The Balaban J connectivity index is 0.00000363. The summed E-state index contributed by atoms with van der Waals surface area (Å²) < 4.78 is 0. The van der Waals surface area contributed by atoms with Crippen molar-refractivity contribution >= 4 is 29.9 Å². The Bertz CT molecular complexity index is 666. The lowest BCUT2D eigenvalue weighted by molar-refractivity contribution is 0.131. The van der Waals surface area contributed by atoms with Crippen LogP contribution in [0.15, 0.2) is 29.3 Å². The van der Waals surface area contributed by atoms with Crippen molar-refractivity contribution in [2.75, 3.05) is 58.9 Å². The van der Waals surface area contributed by atoms with Gasteiger partial charge in [-0.2, -0.15) is 0 Å². The monoisotopic (exact) mass is 556 g/mol. The van der Waals surface area contributed by atoms with Crippen LogP contribution in [0.25, 0.3) is 0 Å². The van der Waals surface area contributed by atoms with E-state index in [2.05, 4.69) is 70.4 Å². The van der Waals surface area contributed by atoms with Crippen LogP contribution in [0.3, 0.4) is 0 Å². The zero-order valence-corrected chi connectivity index (χ0v) is 22.8. The van der Waals surface area contributed by atoms with Crippen LogP contribution in [0.1, 0.15) is 51.2 Å². The Morgan fingerprint density at radius 2 is 1.56 bits per heavy atom. The number of halogens is 1. The van der Waals surface area contributed by atoms with Crippen LogP contribution in [0.2, 0.25) is 0 Å². The van der Waals surface area contributed by atoms with E-state index in [9.17, 15) is 0 Å². The molecule has 2 saturated heterocycles. The lowest BCUT2D eigenvalue weighted by Crippen LogP contribution is -2.48. The molecule has 2 N–H and O–H groups in total. The van der Waals surface area contributed by atoms with Gasteiger partial charge in [0.15, 0.2) is 5.96 Å². The van der Waals surface area contributed by atoms with Gasteiger partial charge in [0.1, 0.15) is 0 Å². The number of aliphatic imine (C=N–C) groups is 1. The van der Waals surface area contributed by atoms with Crippen LogP contribution < -0.4 is 10.6 Å². The van der Waals surface area contributed by atoms with Crippen LogP contribution in [0, 0.1) is 0 Å². The van der Waals surface area contributed by atoms with Gasteiger partial charge in [0.25, 0.3) is 0 Å². The van der Waals surface area contributed by atoms with E-state index >= 15 is 0 Å². The van der Waals surface area contributed by atoms with Crippen molar-refractivity contribution in [3.05, 3.63) is 35.4 Å². The van der Waals surface area contributed by atoms with Crippen LogP contribution in [0.5, 0.6) is 0 Å². The number of hydrogen-bond acceptors (Lipinski definition) is 4. The smallest absolute Gasteiger partial charge is 0.191 e. The predicted molar refractivity (Wildman–Crippen MR) is 147 cm³/mol. The third-order valence-electron chi connectivity index (χ3n) is 6.64. The Morgan fingerprint density at radius 1 is 0.906 bits per heavy atom. The van der Waals surface area contributed by atoms with Gasteiger partial charge < -0.3 is 20.4 Å². The molecule has 0 atom stereocenters. The lowest BCUT2D eigenvalue weighted by atomic mass is 10.1. The summed E-state index contributed by atoms with van der Waals surface area (Å²) in [6.07, 6.45) is 3.64. The molecule has 2 aliphatic heterocycles. The Hall–Kier alpha value is -0.900. The second-order valence-electron chi connectivity index (χ2n) is 8.93. The number of hydrogen-bond donors (Lipinski definition) is 2. The Morgan fingerprint density at radius 3 is 2.19 bits per heavy atom. The molecule has 0 bridgehead atoms. The first-order valence-corrected chi connectivity index (χ1v) is 12.5. The Labute approximate surface area is 213 Å². The van der Waals surface area contributed by atoms with Gasteiger partial charge in [-0.3, -0.25) is 4.90 Å². The van der Waals surface area contributed by atoms with Gasteiger partial charge in [-0.1, -0.05) is 38.1 Å². The SMILES string of the molecule is CCCN1CCC(NC(=NCc2ccccc2CN2CCN(CC)CC2)NCC)CC1.I. The van der Waals surface area contributed by atoms with E-state index < -0.39 is 0 Å². The molecule has 0 unspecified atom stereocenters. The summed E-state index contributed by atoms with van der Waals surface area (Å²) in [6.45, 7) is 18.8. The predicted octanol–water partition coefficient (Wildman–Crippen LogP) is 3.37. The maximum absolute atomic E-state index is 4.97. The summed E-state index contributed by atoms with van der Waals surface area (Å²) >= 11 is 0. The molecule has 0 aliphatic carbocycles. The molecule has 0 amide bonds. The molecule has 3 rings (SSSR count). The highest BCUT2D eigenvalue weighted by Crippen LogP contribution is 2.15. The van der Waals surface area contributed by atoms with E-state index in [1.165, 1.54) is 63.1 Å². The van der Waals surface area contributed by atoms with Crippen LogP contribution in [-0.4, -0.2) is 85.6 Å². The van der Waals surface area contributed by atoms with Crippen molar-refractivity contribution in [3.63, 3.8) is 0 Å². The minimum atomic E-state index is 0. The van der Waals surface area contributed by atoms with Gasteiger partial charge in [0.05, 0.1) is 6.54 Å². The number of likely N-dealkylation sites (N-methyl/N-ethyl adjacent to an activating group) is 1. The largest absolute Gasteiger partial charge is 0.357 e. The summed E-state index contributed by atoms with van der Waals surface area (Å²) in [4.78, 5) is 12.7. The number of nitrogens with zero attached hydrogens (tertiary/aromatic N) is 4. The quantitative estimate of drug-likeness (QED) is 0.278. The molecule has 1 aromatic rings. The zero-order valence-electron chi connectivity index (χ0n) is 20.5. The highest BCUT2D eigenvalue weighted by molar-refractivity contribution is 14.0. The summed E-state index contributed by atoms with van der Waals surface area (Å²) in [5, 5.41) is 7.16. The molecule has 0 aromatic heterocycles. The number of nitrogens with one attached hydrogen (secondary N) is 2. The molecule has 2 fully saturated rings. The van der Waals surface area contributed by atoms with Gasteiger partial charge in [-0.15, -0.1) is 24.0 Å². The van der Waals surface area contributed by atoms with Crippen LogP contribution in [0.4, 0.5) is 0 Å². The van der Waals surface area contributed by atoms with E-state index in [4.69, 9.17) is 4.99 Å². The number of guanidine groups is 1. The minimum absolute atomic E-state index is 0. The van der Waals surface area contributed by atoms with Gasteiger partial charge in [0, 0.05) is 58.4 Å². The standard InChI is InChI=1S/C25H44N6.HI/c1-4-13-30-14-11-24(12-15-30)28-25(26-5-2)27-20-22-9-7-8-10-23(22)21-31-18-16-29(6-3)17-19-31;/h7-10,24H,4-6,11-21H2,1-3H3,(H2,26,27,28);1H. The van der Waals surface area contributed by atoms with E-state index in [0.29, 0.717) is 6.04 Å². The Kier molecular flexibility index (Phi) is 12.9. The summed E-state index contributed by atoms with van der Waals surface area (Å²) in [7, 11) is 0. The van der Waals surface area contributed by atoms with Crippen LogP contribution in [-0.2, 0) is 13.1 Å². The van der Waals surface area contributed by atoms with Crippen molar-refractivity contribution in [2.45, 2.75) is 59.2 Å². The zero-order chi connectivity index (χ0) is 21.9. The molecule has 1 aromatic carbocycles. The van der Waals surface area contributed by atoms with Gasteiger partial charge >= 0.3 is 0 Å². The highest BCUT2D eigenvalue weighted by atomic mass is 127. The van der Waals surface area contributed by atoms with Crippen molar-refractivity contribution in [3.8, 4) is 0 Å². The number of piperidine rings is 1. The maximum Gasteiger partial charge on any atom is 0.191 e. The third kappa shape index (κ3) is 8.80. The fourth-order valence-corrected chi connectivity index (χ4v) is 4.67. The summed E-state index contributed by atoms with van der Waals surface area (Å²) in [5.41, 5.74) is 2.76. The number of benzene rings is 1. The summed E-state index contributed by atoms with van der Waals surface area (Å²) in [5.74, 6) is 0.961. The van der Waals surface area contributed by atoms with Gasteiger partial charge in [0.2, 0.25) is 0 Å². The fraction of sp³-hybridized carbons (Fsp3) is 0.720. The molecule has 182 valence electrons. The van der Waals surface area contributed by atoms with Gasteiger partial charge in [-0.05, 0) is 50.4 Å². The molecule has 2 heterocycles. The average Bonchev–Trinajstić information content (AvgIpc) is 2.80. The maximum atomic E-state index is 4.97. The molecular weight excluding hydrogens is 511 g/mol. The molecule has 2 aliphatic rings. The van der Waals surface area contributed by atoms with Crippen LogP contribution >= 0.6 is 24.0 Å². The minimum Gasteiger partial charge on any atom is -0.357 e. The van der Waals surface area contributed by atoms with E-state index in [1.54, 1.807) is 0 Å². The van der Waals surface area contributed by atoms with Crippen molar-refractivity contribution in [1.82, 2.24) is 25.3 Å². The molecule has 0 spiro atoms. The topological polar surface area (TPSA) is 46.1 Å². The molecule has 6 nitrogen and oxygen atoms in total. The van der Waals surface area contributed by atoms with E-state index in [1.807, 2.05) is 0 Å². The fourth-order valence-electron chi connectivity index (χ4n) is 4.67. The normalized spacial score (nSPS) is 19.5. The van der Waals surface area contributed by atoms with E-state index in [0.717, 1.165) is 45.2 Å². The summed E-state index contributed by atoms with van der Waals surface area (Å²) in [6, 6.07) is 9.36. The molecule has 7 heteroatoms. The second-order valence-corrected chi connectivity index (χ2v) is 8.93. The van der Waals surface area contributed by atoms with E-state index in [-0.39, 0.29) is 24.0 Å². The molecular formula is C25H45IN6. The third-order valence-corrected chi connectivity index (χ3v) is 6.64. The molecule has 0 radical (unpaired) electrons. The second kappa shape index (κ2) is 15.1.